The lowest BCUT2D eigenvalue weighted by molar-refractivity contribution is -0.139. The first-order chi connectivity index (χ1) is 25.7. The number of nitrogens with zero attached hydrogens (tertiary/aromatic N) is 2. The second-order valence-electron chi connectivity index (χ2n) is 14.0. The Morgan fingerprint density at radius 3 is 1.71 bits per heavy atom. The Bertz CT molecular complexity index is 2610. The van der Waals surface area contributed by atoms with Crippen molar-refractivity contribution in [3.05, 3.63) is 128 Å². The fourth-order valence-electron chi connectivity index (χ4n) is 6.90. The van der Waals surface area contributed by atoms with E-state index in [1.54, 1.807) is 0 Å². The van der Waals surface area contributed by atoms with Crippen molar-refractivity contribution in [3.8, 4) is 11.5 Å². The lowest BCUT2D eigenvalue weighted by Crippen LogP contribution is -2.31. The zero-order valence-electron chi connectivity index (χ0n) is 29.7. The number of fused-ring (bicyclic) bond motifs is 2. The van der Waals surface area contributed by atoms with Gasteiger partial charge in [-0.15, -0.1) is 0 Å². The summed E-state index contributed by atoms with van der Waals surface area (Å²) < 4.78 is 70.9. The summed E-state index contributed by atoms with van der Waals surface area (Å²) in [4.78, 5) is 53.7. The van der Waals surface area contributed by atoms with Gasteiger partial charge in [-0.2, -0.15) is 0 Å². The van der Waals surface area contributed by atoms with Crippen LogP contribution >= 0.6 is 23.2 Å². The van der Waals surface area contributed by atoms with Crippen molar-refractivity contribution in [2.24, 2.45) is 5.41 Å². The van der Waals surface area contributed by atoms with E-state index in [9.17, 15) is 33.8 Å². The van der Waals surface area contributed by atoms with Gasteiger partial charge in [0.2, 0.25) is 5.75 Å². The quantitative estimate of drug-likeness (QED) is 0.0936. The van der Waals surface area contributed by atoms with Crippen molar-refractivity contribution >= 4 is 68.8 Å². The minimum atomic E-state index is -1.64. The summed E-state index contributed by atoms with van der Waals surface area (Å²) in [6.45, 7) is 7.27. The molecule has 0 saturated heterocycles. The predicted molar refractivity (Wildman–Crippen MR) is 196 cm³/mol. The fraction of sp³-hybridized carbons (Fsp3) is 0.200. The summed E-state index contributed by atoms with van der Waals surface area (Å²) in [6, 6.07) is 12.6. The molecule has 55 heavy (non-hydrogen) atoms. The summed E-state index contributed by atoms with van der Waals surface area (Å²) in [5, 5.41) is 19.6. The zero-order valence-corrected chi connectivity index (χ0v) is 31.2. The van der Waals surface area contributed by atoms with Gasteiger partial charge in [-0.25, -0.2) is 17.6 Å². The third-order valence-corrected chi connectivity index (χ3v) is 9.89. The van der Waals surface area contributed by atoms with Crippen LogP contribution in [0.25, 0.3) is 21.8 Å². The fourth-order valence-corrected chi connectivity index (χ4v) is 7.16. The van der Waals surface area contributed by atoms with Gasteiger partial charge in [-0.05, 0) is 78.9 Å². The minimum absolute atomic E-state index is 0.0250. The molecule has 0 aliphatic rings. The highest BCUT2D eigenvalue weighted by atomic mass is 35.5. The molecule has 0 amide bonds. The number of carboxylic acid groups (broad SMARTS) is 1. The van der Waals surface area contributed by atoms with E-state index in [0.717, 1.165) is 21.3 Å². The molecule has 1 atom stereocenters. The predicted octanol–water partition coefficient (Wildman–Crippen LogP) is 9.52. The van der Waals surface area contributed by atoms with Crippen LogP contribution < -0.4 is 4.74 Å². The number of carbonyl (C=O) groups is 4. The number of phenols is 1. The van der Waals surface area contributed by atoms with E-state index in [-0.39, 0.29) is 44.7 Å². The number of rotatable bonds is 7. The van der Waals surface area contributed by atoms with Crippen LogP contribution in [0, 0.1) is 42.5 Å². The van der Waals surface area contributed by atoms with E-state index in [1.165, 1.54) is 83.1 Å². The summed E-state index contributed by atoms with van der Waals surface area (Å²) in [7, 11) is 0. The summed E-state index contributed by atoms with van der Waals surface area (Å²) >= 11 is 11.9. The largest absolute Gasteiger partial charge is 0.503 e. The van der Waals surface area contributed by atoms with Crippen LogP contribution in [0.3, 0.4) is 0 Å². The van der Waals surface area contributed by atoms with Gasteiger partial charge in [0, 0.05) is 55.5 Å². The van der Waals surface area contributed by atoms with E-state index in [2.05, 4.69) is 0 Å². The lowest BCUT2D eigenvalue weighted by atomic mass is 9.75. The number of hydrogen-bond donors (Lipinski definition) is 2. The van der Waals surface area contributed by atoms with Gasteiger partial charge >= 0.3 is 11.9 Å². The first-order valence-electron chi connectivity index (χ1n) is 16.5. The number of ether oxygens (including phenoxy) is 1. The highest BCUT2D eigenvalue weighted by Crippen LogP contribution is 2.46. The molecule has 15 heteroatoms. The van der Waals surface area contributed by atoms with E-state index in [4.69, 9.17) is 27.9 Å². The molecule has 6 aromatic rings. The average molecular weight is 798 g/mol. The second kappa shape index (κ2) is 14.2. The van der Waals surface area contributed by atoms with Crippen molar-refractivity contribution in [2.75, 3.05) is 0 Å². The normalized spacial score (nSPS) is 12.3. The van der Waals surface area contributed by atoms with Crippen LogP contribution in [0.1, 0.15) is 69.9 Å². The van der Waals surface area contributed by atoms with Gasteiger partial charge in [-0.3, -0.25) is 28.3 Å². The summed E-state index contributed by atoms with van der Waals surface area (Å²) in [5.41, 5.74) is -2.41. The Morgan fingerprint density at radius 2 is 1.22 bits per heavy atom. The number of aromatic hydroxyl groups is 1. The van der Waals surface area contributed by atoms with Crippen molar-refractivity contribution in [3.63, 3.8) is 0 Å². The standard InChI is InChI=1S/C40H30Cl2F4N2O7/c1-17-23(14-28(49)50)30-26(47(17)37(52)19-6-10-21(41)11-7-19)16-25(44)36(34(30)46)55-39(54)32(40(3,4)5)29-18(2)48(38(53)20-8-12-22(42)13-9-20)27-15-24(43)35(51)33(45)31(27)29/h6-13,15-16,32,51H,14H2,1-5H3,(H,49,50). The SMILES string of the molecule is Cc1c(CC(=O)O)c2c(F)c(OC(=O)C(c3c(C)n(C(=O)c4ccc(Cl)cc4)c4cc(F)c(O)c(F)c34)C(C)(C)C)c(F)cc2n1C(=O)c1ccc(Cl)cc1. The molecular weight excluding hydrogens is 767 g/mol. The molecule has 0 radical (unpaired) electrons. The Balaban J connectivity index is 1.54. The topological polar surface area (TPSA) is 128 Å². The van der Waals surface area contributed by atoms with E-state index >= 15 is 13.2 Å². The number of aliphatic carboxylic acids is 1. The number of halogens is 6. The van der Waals surface area contributed by atoms with Gasteiger partial charge in [0.05, 0.1) is 23.4 Å². The number of phenolic OH excluding ortho intramolecular Hbond substituents is 1. The van der Waals surface area contributed by atoms with Gasteiger partial charge < -0.3 is 14.9 Å². The number of hydrogen-bond acceptors (Lipinski definition) is 6. The maximum atomic E-state index is 16.7. The molecule has 9 nitrogen and oxygen atoms in total. The number of carbonyl (C=O) groups excluding carboxylic acids is 3. The number of esters is 1. The Hall–Kier alpha value is -5.66. The third kappa shape index (κ3) is 6.71. The molecule has 284 valence electrons. The maximum absolute atomic E-state index is 16.7. The molecule has 2 N–H and O–H groups in total. The van der Waals surface area contributed by atoms with Gasteiger partial charge in [0.15, 0.2) is 29.0 Å². The van der Waals surface area contributed by atoms with Crippen LogP contribution in [0.2, 0.25) is 10.0 Å². The van der Waals surface area contributed by atoms with E-state index in [1.807, 2.05) is 0 Å². The average Bonchev–Trinajstić information content (AvgIpc) is 3.53. The Labute approximate surface area is 320 Å². The lowest BCUT2D eigenvalue weighted by Gasteiger charge is -2.29. The van der Waals surface area contributed by atoms with E-state index in [0.29, 0.717) is 10.0 Å². The van der Waals surface area contributed by atoms with Crippen LogP contribution in [0.4, 0.5) is 17.6 Å². The van der Waals surface area contributed by atoms with Gasteiger partial charge in [0.1, 0.15) is 0 Å². The number of benzene rings is 4. The molecule has 0 saturated carbocycles. The molecule has 1 unspecified atom stereocenters. The molecule has 6 rings (SSSR count). The highest BCUT2D eigenvalue weighted by Gasteiger charge is 2.42. The maximum Gasteiger partial charge on any atom is 0.319 e. The molecule has 2 aromatic heterocycles. The van der Waals surface area contributed by atoms with Crippen molar-refractivity contribution < 1.29 is 51.7 Å². The molecule has 2 heterocycles. The molecule has 0 bridgehead atoms. The third-order valence-electron chi connectivity index (χ3n) is 9.39. The highest BCUT2D eigenvalue weighted by molar-refractivity contribution is 6.31. The van der Waals surface area contributed by atoms with Crippen molar-refractivity contribution in [2.45, 2.75) is 47.0 Å². The van der Waals surface area contributed by atoms with Crippen LogP contribution in [-0.2, 0) is 16.0 Å². The summed E-state index contributed by atoms with van der Waals surface area (Å²) in [5.74, 6) is -14.4. The molecular formula is C40H30Cl2F4N2O7. The summed E-state index contributed by atoms with van der Waals surface area (Å²) in [6.07, 6.45) is -0.802. The van der Waals surface area contributed by atoms with E-state index < -0.39 is 87.0 Å². The Morgan fingerprint density at radius 1 is 0.745 bits per heavy atom. The number of aromatic nitrogens is 2. The minimum Gasteiger partial charge on any atom is -0.503 e. The van der Waals surface area contributed by atoms with Crippen molar-refractivity contribution in [1.29, 1.82) is 0 Å². The molecule has 0 spiro atoms. The molecule has 0 fully saturated rings. The zero-order chi connectivity index (χ0) is 40.4. The second-order valence-corrected chi connectivity index (χ2v) is 14.8. The number of carboxylic acids is 1. The van der Waals surface area contributed by atoms with Crippen LogP contribution in [0.5, 0.6) is 11.5 Å². The molecule has 0 aliphatic carbocycles. The first kappa shape index (κ1) is 39.0. The molecule has 0 aliphatic heterocycles. The van der Waals surface area contributed by atoms with Gasteiger partial charge in [-0.1, -0.05) is 44.0 Å². The van der Waals surface area contributed by atoms with Crippen LogP contribution in [-0.4, -0.2) is 43.1 Å². The monoisotopic (exact) mass is 796 g/mol. The first-order valence-corrected chi connectivity index (χ1v) is 17.3. The van der Waals surface area contributed by atoms with Crippen molar-refractivity contribution in [1.82, 2.24) is 9.13 Å². The van der Waals surface area contributed by atoms with Crippen LogP contribution in [0.15, 0.2) is 60.7 Å². The van der Waals surface area contributed by atoms with Gasteiger partial charge in [0.25, 0.3) is 11.8 Å². The molecule has 4 aromatic carbocycles. The smallest absolute Gasteiger partial charge is 0.319 e. The Kier molecular flexibility index (Phi) is 10.1.